The summed E-state index contributed by atoms with van der Waals surface area (Å²) in [6, 6.07) is 7.28. The molecule has 0 radical (unpaired) electrons. The molecule has 0 aliphatic carbocycles. The summed E-state index contributed by atoms with van der Waals surface area (Å²) in [5.41, 5.74) is 0.776. The van der Waals surface area contributed by atoms with Crippen LogP contribution in [0, 0.1) is 0 Å². The normalized spacial score (nSPS) is 9.18. The highest BCUT2D eigenvalue weighted by Gasteiger charge is 1.90. The molecule has 1 aromatic rings. The fraction of sp³-hybridized carbons (Fsp3) is 0. The standard InChI is InChI=1S/C7H8N2OS/c8-11-7-3-1-6(2-4-7)9-5-10/h1-5H,8H2,(H,9,10). The van der Waals surface area contributed by atoms with Gasteiger partial charge in [0.05, 0.1) is 0 Å². The van der Waals surface area contributed by atoms with E-state index < -0.39 is 0 Å². The zero-order chi connectivity index (χ0) is 8.10. The Hall–Kier alpha value is -1.00. The lowest BCUT2D eigenvalue weighted by Gasteiger charge is -1.98. The summed E-state index contributed by atoms with van der Waals surface area (Å²) in [5, 5.41) is 7.83. The maximum Gasteiger partial charge on any atom is 0.211 e. The van der Waals surface area contributed by atoms with Crippen LogP contribution in [0.5, 0.6) is 0 Å². The summed E-state index contributed by atoms with van der Waals surface area (Å²) >= 11 is 1.18. The van der Waals surface area contributed by atoms with Gasteiger partial charge in [-0.3, -0.25) is 9.93 Å². The molecule has 58 valence electrons. The highest BCUT2D eigenvalue weighted by molar-refractivity contribution is 7.97. The predicted octanol–water partition coefficient (Wildman–Crippen LogP) is 1.22. The Kier molecular flexibility index (Phi) is 2.95. The Labute approximate surface area is 69.1 Å². The molecule has 0 fully saturated rings. The molecule has 3 N–H and O–H groups in total. The van der Waals surface area contributed by atoms with Crippen molar-refractivity contribution in [1.82, 2.24) is 0 Å². The van der Waals surface area contributed by atoms with E-state index in [1.54, 1.807) is 12.1 Å². The minimum atomic E-state index is 0.643. The molecular weight excluding hydrogens is 160 g/mol. The number of anilines is 1. The van der Waals surface area contributed by atoms with Crippen molar-refractivity contribution in [2.24, 2.45) is 5.14 Å². The molecule has 0 saturated carbocycles. The summed E-state index contributed by atoms with van der Waals surface area (Å²) in [5.74, 6) is 0. The second-order valence-electron chi connectivity index (χ2n) is 1.90. The van der Waals surface area contributed by atoms with E-state index in [4.69, 9.17) is 5.14 Å². The first-order valence-corrected chi connectivity index (χ1v) is 3.92. The number of rotatable bonds is 3. The van der Waals surface area contributed by atoms with Crippen LogP contribution in [0.3, 0.4) is 0 Å². The number of hydrogen-bond acceptors (Lipinski definition) is 3. The van der Waals surface area contributed by atoms with Gasteiger partial charge >= 0.3 is 0 Å². The Bertz CT molecular complexity index is 235. The molecule has 1 rings (SSSR count). The van der Waals surface area contributed by atoms with Gasteiger partial charge in [0.25, 0.3) is 0 Å². The van der Waals surface area contributed by atoms with Crippen molar-refractivity contribution < 1.29 is 4.79 Å². The van der Waals surface area contributed by atoms with Crippen molar-refractivity contribution >= 4 is 24.0 Å². The second-order valence-corrected chi connectivity index (χ2v) is 2.61. The van der Waals surface area contributed by atoms with Crippen molar-refractivity contribution in [3.8, 4) is 0 Å². The molecule has 3 nitrogen and oxygen atoms in total. The van der Waals surface area contributed by atoms with Crippen LogP contribution < -0.4 is 10.5 Å². The monoisotopic (exact) mass is 168 g/mol. The minimum absolute atomic E-state index is 0.643. The van der Waals surface area contributed by atoms with Crippen molar-refractivity contribution in [3.63, 3.8) is 0 Å². The van der Waals surface area contributed by atoms with E-state index in [1.807, 2.05) is 12.1 Å². The number of benzene rings is 1. The summed E-state index contributed by atoms with van der Waals surface area (Å²) in [7, 11) is 0. The van der Waals surface area contributed by atoms with Crippen LogP contribution in [-0.2, 0) is 4.79 Å². The Morgan fingerprint density at radius 2 is 2.00 bits per heavy atom. The number of hydrogen-bond donors (Lipinski definition) is 2. The van der Waals surface area contributed by atoms with E-state index in [9.17, 15) is 4.79 Å². The molecule has 0 unspecified atom stereocenters. The van der Waals surface area contributed by atoms with Crippen LogP contribution in [0.2, 0.25) is 0 Å². The zero-order valence-corrected chi connectivity index (χ0v) is 6.60. The van der Waals surface area contributed by atoms with E-state index in [0.29, 0.717) is 6.41 Å². The van der Waals surface area contributed by atoms with E-state index in [0.717, 1.165) is 10.6 Å². The highest BCUT2D eigenvalue weighted by atomic mass is 32.2. The van der Waals surface area contributed by atoms with Crippen LogP contribution >= 0.6 is 11.9 Å². The molecule has 0 bridgehead atoms. The molecule has 0 aliphatic heterocycles. The molecule has 0 aromatic heterocycles. The third-order valence-electron chi connectivity index (χ3n) is 1.22. The van der Waals surface area contributed by atoms with E-state index in [2.05, 4.69) is 5.32 Å². The molecule has 0 heterocycles. The zero-order valence-electron chi connectivity index (χ0n) is 5.78. The lowest BCUT2D eigenvalue weighted by Crippen LogP contribution is -1.92. The highest BCUT2D eigenvalue weighted by Crippen LogP contribution is 2.14. The Balaban J connectivity index is 2.74. The number of carbonyl (C=O) groups is 1. The van der Waals surface area contributed by atoms with Gasteiger partial charge in [0.2, 0.25) is 6.41 Å². The van der Waals surface area contributed by atoms with Crippen molar-refractivity contribution in [3.05, 3.63) is 24.3 Å². The SMILES string of the molecule is NSc1ccc(NC=O)cc1. The fourth-order valence-electron chi connectivity index (χ4n) is 0.698. The van der Waals surface area contributed by atoms with Crippen LogP contribution in [-0.4, -0.2) is 6.41 Å². The average molecular weight is 168 g/mol. The summed E-state index contributed by atoms with van der Waals surface area (Å²) in [4.78, 5) is 11.0. The topological polar surface area (TPSA) is 55.1 Å². The van der Waals surface area contributed by atoms with Gasteiger partial charge in [-0.25, -0.2) is 0 Å². The number of carbonyl (C=O) groups excluding carboxylic acids is 1. The number of nitrogens with one attached hydrogen (secondary N) is 1. The number of amides is 1. The van der Waals surface area contributed by atoms with E-state index >= 15 is 0 Å². The van der Waals surface area contributed by atoms with Crippen molar-refractivity contribution in [2.45, 2.75) is 4.90 Å². The largest absolute Gasteiger partial charge is 0.329 e. The minimum Gasteiger partial charge on any atom is -0.329 e. The average Bonchev–Trinajstić information content (AvgIpc) is 2.07. The smallest absolute Gasteiger partial charge is 0.211 e. The molecule has 1 aromatic carbocycles. The van der Waals surface area contributed by atoms with Crippen LogP contribution in [0.25, 0.3) is 0 Å². The molecule has 4 heteroatoms. The van der Waals surface area contributed by atoms with E-state index in [-0.39, 0.29) is 0 Å². The molecule has 0 spiro atoms. The lowest BCUT2D eigenvalue weighted by atomic mass is 10.3. The third kappa shape index (κ3) is 2.25. The Morgan fingerprint density at radius 1 is 1.36 bits per heavy atom. The lowest BCUT2D eigenvalue weighted by molar-refractivity contribution is -0.105. The maximum absolute atomic E-state index is 9.99. The second kappa shape index (κ2) is 4.00. The molecule has 1 amide bonds. The molecule has 0 atom stereocenters. The van der Waals surface area contributed by atoms with E-state index in [1.165, 1.54) is 11.9 Å². The molecular formula is C7H8N2OS. The summed E-state index contributed by atoms with van der Waals surface area (Å²) in [6.45, 7) is 0. The van der Waals surface area contributed by atoms with Gasteiger partial charge in [-0.2, -0.15) is 0 Å². The first-order chi connectivity index (χ1) is 5.36. The van der Waals surface area contributed by atoms with Gasteiger partial charge in [-0.1, -0.05) is 0 Å². The van der Waals surface area contributed by atoms with Crippen LogP contribution in [0.1, 0.15) is 0 Å². The third-order valence-corrected chi connectivity index (χ3v) is 1.76. The molecule has 0 aliphatic rings. The first-order valence-electron chi connectivity index (χ1n) is 3.04. The summed E-state index contributed by atoms with van der Waals surface area (Å²) < 4.78 is 0. The molecule has 11 heavy (non-hydrogen) atoms. The van der Waals surface area contributed by atoms with Gasteiger partial charge in [-0.15, -0.1) is 0 Å². The summed E-state index contributed by atoms with van der Waals surface area (Å²) in [6.07, 6.45) is 0.643. The van der Waals surface area contributed by atoms with Crippen LogP contribution in [0.15, 0.2) is 29.2 Å². The quantitative estimate of drug-likeness (QED) is 0.527. The van der Waals surface area contributed by atoms with Crippen molar-refractivity contribution in [1.29, 1.82) is 0 Å². The van der Waals surface area contributed by atoms with Gasteiger partial charge in [0.1, 0.15) is 0 Å². The predicted molar refractivity (Wildman–Crippen MR) is 46.2 cm³/mol. The maximum atomic E-state index is 9.99. The Morgan fingerprint density at radius 3 is 2.45 bits per heavy atom. The van der Waals surface area contributed by atoms with Crippen molar-refractivity contribution in [2.75, 3.05) is 5.32 Å². The van der Waals surface area contributed by atoms with Gasteiger partial charge in [0.15, 0.2) is 0 Å². The number of nitrogens with two attached hydrogens (primary N) is 1. The van der Waals surface area contributed by atoms with Gasteiger partial charge in [-0.05, 0) is 36.2 Å². The van der Waals surface area contributed by atoms with Gasteiger partial charge in [0, 0.05) is 10.6 Å². The first kappa shape index (κ1) is 8.10. The fourth-order valence-corrected chi connectivity index (χ4v) is 0.991. The van der Waals surface area contributed by atoms with Crippen LogP contribution in [0.4, 0.5) is 5.69 Å². The van der Waals surface area contributed by atoms with Gasteiger partial charge < -0.3 is 5.32 Å². The molecule has 0 saturated heterocycles.